The summed E-state index contributed by atoms with van der Waals surface area (Å²) in [6.07, 6.45) is 0.672. The van der Waals surface area contributed by atoms with E-state index in [0.29, 0.717) is 39.1 Å². The molecule has 0 spiro atoms. The molecule has 5 nitrogen and oxygen atoms in total. The largest absolute Gasteiger partial charge is 0.493 e. The van der Waals surface area contributed by atoms with Crippen molar-refractivity contribution in [2.24, 2.45) is 5.92 Å². The Hall–Kier alpha value is -1.59. The number of nitrogens with zero attached hydrogens (tertiary/aromatic N) is 1. The Bertz CT molecular complexity index is 509. The molecule has 1 fully saturated rings. The smallest absolute Gasteiger partial charge is 0.306 e. The molecule has 1 heterocycles. The number of likely N-dealkylation sites (tertiary alicyclic amines) is 1. The monoisotopic (exact) mass is 307 g/mol. The van der Waals surface area contributed by atoms with Crippen molar-refractivity contribution in [3.63, 3.8) is 0 Å². The van der Waals surface area contributed by atoms with Crippen molar-refractivity contribution < 1.29 is 19.7 Å². The second-order valence-corrected chi connectivity index (χ2v) is 5.90. The van der Waals surface area contributed by atoms with E-state index in [2.05, 4.69) is 4.90 Å². The minimum atomic E-state index is -0.711. The van der Waals surface area contributed by atoms with Gasteiger partial charge in [0, 0.05) is 12.1 Å². The molecule has 1 aromatic carbocycles. The Morgan fingerprint density at radius 3 is 2.68 bits per heavy atom. The Labute approximate surface area is 131 Å². The van der Waals surface area contributed by atoms with Crippen molar-refractivity contribution >= 4 is 5.97 Å². The van der Waals surface area contributed by atoms with Gasteiger partial charge < -0.3 is 19.8 Å². The van der Waals surface area contributed by atoms with Crippen LogP contribution in [0.2, 0.25) is 0 Å². The third-order valence-electron chi connectivity index (χ3n) is 4.19. The Morgan fingerprint density at radius 2 is 2.09 bits per heavy atom. The number of aliphatic hydroxyl groups excluding tert-OH is 1. The van der Waals surface area contributed by atoms with Crippen molar-refractivity contribution in [3.8, 4) is 5.75 Å². The first-order valence-electron chi connectivity index (χ1n) is 7.87. The summed E-state index contributed by atoms with van der Waals surface area (Å²) in [5.74, 6) is -0.232. The second kappa shape index (κ2) is 7.61. The maximum absolute atomic E-state index is 11.0. The lowest BCUT2D eigenvalue weighted by Gasteiger charge is -2.31. The van der Waals surface area contributed by atoms with E-state index in [4.69, 9.17) is 9.84 Å². The van der Waals surface area contributed by atoms with Crippen molar-refractivity contribution in [2.75, 3.05) is 26.2 Å². The lowest BCUT2D eigenvalue weighted by Crippen LogP contribution is -2.38. The predicted molar refractivity (Wildman–Crippen MR) is 84.1 cm³/mol. The zero-order chi connectivity index (χ0) is 16.1. The first kappa shape index (κ1) is 16.8. The van der Waals surface area contributed by atoms with Crippen molar-refractivity contribution in [3.05, 3.63) is 29.3 Å². The summed E-state index contributed by atoms with van der Waals surface area (Å²) in [4.78, 5) is 13.1. The third-order valence-corrected chi connectivity index (χ3v) is 4.19. The highest BCUT2D eigenvalue weighted by molar-refractivity contribution is 5.70. The van der Waals surface area contributed by atoms with Crippen LogP contribution in [-0.2, 0) is 4.79 Å². The molecule has 2 rings (SSSR count). The average molecular weight is 307 g/mol. The molecule has 1 aromatic rings. The molecule has 1 aliphatic heterocycles. The first-order valence-corrected chi connectivity index (χ1v) is 7.87. The van der Waals surface area contributed by atoms with Gasteiger partial charge in [-0.1, -0.05) is 11.6 Å². The molecule has 22 heavy (non-hydrogen) atoms. The SMILES string of the molecule is CCOc1ccc(C)cc1C(O)CN1CCC(C(=O)O)CC1. The van der Waals surface area contributed by atoms with Crippen LogP contribution < -0.4 is 4.74 Å². The van der Waals surface area contributed by atoms with Crippen LogP contribution in [0.25, 0.3) is 0 Å². The Morgan fingerprint density at radius 1 is 1.41 bits per heavy atom. The summed E-state index contributed by atoms with van der Waals surface area (Å²) in [5, 5.41) is 19.6. The summed E-state index contributed by atoms with van der Waals surface area (Å²) in [6.45, 7) is 6.41. The fraction of sp³-hybridized carbons (Fsp3) is 0.588. The molecule has 0 aromatic heterocycles. The van der Waals surface area contributed by atoms with Gasteiger partial charge in [-0.2, -0.15) is 0 Å². The molecule has 0 amide bonds. The van der Waals surface area contributed by atoms with Crippen molar-refractivity contribution in [1.29, 1.82) is 0 Å². The Kier molecular flexibility index (Phi) is 5.80. The Balaban J connectivity index is 1.99. The van der Waals surface area contributed by atoms with E-state index in [1.165, 1.54) is 0 Å². The molecule has 0 bridgehead atoms. The third kappa shape index (κ3) is 4.21. The lowest BCUT2D eigenvalue weighted by molar-refractivity contribution is -0.143. The second-order valence-electron chi connectivity index (χ2n) is 5.90. The summed E-state index contributed by atoms with van der Waals surface area (Å²) in [6, 6.07) is 5.83. The van der Waals surface area contributed by atoms with Crippen LogP contribution in [0.3, 0.4) is 0 Å². The number of rotatable bonds is 6. The molecule has 5 heteroatoms. The van der Waals surface area contributed by atoms with Crippen LogP contribution in [0.15, 0.2) is 18.2 Å². The van der Waals surface area contributed by atoms with E-state index in [-0.39, 0.29) is 5.92 Å². The molecule has 122 valence electrons. The quantitative estimate of drug-likeness (QED) is 0.843. The minimum absolute atomic E-state index is 0.244. The standard InChI is InChI=1S/C17H25NO4/c1-3-22-16-5-4-12(2)10-14(16)15(19)11-18-8-6-13(7-9-18)17(20)21/h4-5,10,13,15,19H,3,6-9,11H2,1-2H3,(H,20,21). The predicted octanol–water partition coefficient (Wildman–Crippen LogP) is 2.22. The molecular formula is C17H25NO4. The van der Waals surface area contributed by atoms with Gasteiger partial charge in [-0.15, -0.1) is 0 Å². The van der Waals surface area contributed by atoms with Gasteiger partial charge in [0.15, 0.2) is 0 Å². The molecule has 1 saturated heterocycles. The number of ether oxygens (including phenoxy) is 1. The normalized spacial score (nSPS) is 18.1. The summed E-state index contributed by atoms with van der Waals surface area (Å²) >= 11 is 0. The van der Waals surface area contributed by atoms with Gasteiger partial charge in [-0.3, -0.25) is 4.79 Å². The summed E-state index contributed by atoms with van der Waals surface area (Å²) in [7, 11) is 0. The van der Waals surface area contributed by atoms with Crippen LogP contribution in [0.1, 0.15) is 37.0 Å². The van der Waals surface area contributed by atoms with Gasteiger partial charge in [0.25, 0.3) is 0 Å². The van der Waals surface area contributed by atoms with Gasteiger partial charge in [0.1, 0.15) is 5.75 Å². The van der Waals surface area contributed by atoms with Crippen LogP contribution in [0.5, 0.6) is 5.75 Å². The number of aryl methyl sites for hydroxylation is 1. The lowest BCUT2D eigenvalue weighted by atomic mass is 9.96. The van der Waals surface area contributed by atoms with Crippen LogP contribution in [0.4, 0.5) is 0 Å². The number of carboxylic acid groups (broad SMARTS) is 1. The molecule has 1 atom stereocenters. The van der Waals surface area contributed by atoms with E-state index >= 15 is 0 Å². The van der Waals surface area contributed by atoms with E-state index in [1.807, 2.05) is 32.0 Å². The van der Waals surface area contributed by atoms with Gasteiger partial charge >= 0.3 is 5.97 Å². The fourth-order valence-electron chi connectivity index (χ4n) is 2.92. The van der Waals surface area contributed by atoms with Crippen molar-refractivity contribution in [2.45, 2.75) is 32.8 Å². The highest BCUT2D eigenvalue weighted by Gasteiger charge is 2.26. The maximum atomic E-state index is 11.0. The zero-order valence-electron chi connectivity index (χ0n) is 13.3. The van der Waals surface area contributed by atoms with Crippen molar-refractivity contribution in [1.82, 2.24) is 4.90 Å². The highest BCUT2D eigenvalue weighted by atomic mass is 16.5. The molecule has 1 unspecified atom stereocenters. The number of aliphatic hydroxyl groups is 1. The van der Waals surface area contributed by atoms with E-state index in [1.54, 1.807) is 0 Å². The van der Waals surface area contributed by atoms with E-state index in [9.17, 15) is 9.90 Å². The highest BCUT2D eigenvalue weighted by Crippen LogP contribution is 2.28. The minimum Gasteiger partial charge on any atom is -0.493 e. The summed E-state index contributed by atoms with van der Waals surface area (Å²) < 4.78 is 5.59. The van der Waals surface area contributed by atoms with E-state index in [0.717, 1.165) is 16.9 Å². The van der Waals surface area contributed by atoms with E-state index < -0.39 is 12.1 Å². The van der Waals surface area contributed by atoms with Crippen LogP contribution in [0, 0.1) is 12.8 Å². The maximum Gasteiger partial charge on any atom is 0.306 e. The molecule has 0 saturated carbocycles. The molecular weight excluding hydrogens is 282 g/mol. The topological polar surface area (TPSA) is 70.0 Å². The number of hydrogen-bond donors (Lipinski definition) is 2. The van der Waals surface area contributed by atoms with Gasteiger partial charge in [0.2, 0.25) is 0 Å². The molecule has 0 aliphatic carbocycles. The van der Waals surface area contributed by atoms with Crippen LogP contribution >= 0.6 is 0 Å². The van der Waals surface area contributed by atoms with Gasteiger partial charge in [-0.25, -0.2) is 0 Å². The zero-order valence-corrected chi connectivity index (χ0v) is 13.3. The fourth-order valence-corrected chi connectivity index (χ4v) is 2.92. The number of β-amino-alcohol motifs (C(OH)–C–C–N with tert-alkyl or cyclic N) is 1. The van der Waals surface area contributed by atoms with Gasteiger partial charge in [0.05, 0.1) is 18.6 Å². The van der Waals surface area contributed by atoms with Crippen LogP contribution in [-0.4, -0.2) is 47.3 Å². The molecule has 0 radical (unpaired) electrons. The number of piperidine rings is 1. The molecule has 2 N–H and O–H groups in total. The van der Waals surface area contributed by atoms with Gasteiger partial charge in [-0.05, 0) is 51.9 Å². The first-order chi connectivity index (χ1) is 10.5. The summed E-state index contributed by atoms with van der Waals surface area (Å²) in [5.41, 5.74) is 1.89. The molecule has 1 aliphatic rings. The number of benzene rings is 1. The number of carboxylic acids is 1. The number of carbonyl (C=O) groups is 1. The number of aliphatic carboxylic acids is 1. The number of hydrogen-bond acceptors (Lipinski definition) is 4. The average Bonchev–Trinajstić information content (AvgIpc) is 2.49.